The number of halogens is 1. The van der Waals surface area contributed by atoms with Gasteiger partial charge in [-0.2, -0.15) is 0 Å². The Morgan fingerprint density at radius 2 is 1.50 bits per heavy atom. The van der Waals surface area contributed by atoms with E-state index < -0.39 is 0 Å². The van der Waals surface area contributed by atoms with E-state index in [1.54, 1.807) is 0 Å². The van der Waals surface area contributed by atoms with Crippen LogP contribution < -0.4 is 4.74 Å². The average molecular weight is 297 g/mol. The van der Waals surface area contributed by atoms with Gasteiger partial charge in [-0.1, -0.05) is 42.5 Å². The van der Waals surface area contributed by atoms with Crippen LogP contribution in [-0.4, -0.2) is 0 Å². The summed E-state index contributed by atoms with van der Waals surface area (Å²) < 4.78 is 7.03. The molecule has 0 bridgehead atoms. The van der Waals surface area contributed by atoms with E-state index in [0.29, 0.717) is 0 Å². The zero-order valence-electron chi connectivity index (χ0n) is 9.48. The van der Waals surface area contributed by atoms with Crippen molar-refractivity contribution in [3.8, 4) is 22.6 Å². The van der Waals surface area contributed by atoms with Gasteiger partial charge in [0, 0.05) is 10.9 Å². The summed E-state index contributed by atoms with van der Waals surface area (Å²) in [4.78, 5) is 0. The molecule has 0 aromatic heterocycles. The Bertz CT molecular complexity index is 772. The Hall–Kier alpha value is -1.80. The topological polar surface area (TPSA) is 9.23 Å². The van der Waals surface area contributed by atoms with Gasteiger partial charge in [0.15, 0.2) is 0 Å². The third-order valence-corrected chi connectivity index (χ3v) is 3.96. The molecule has 0 unspecified atom stereocenters. The van der Waals surface area contributed by atoms with Gasteiger partial charge in [-0.15, -0.1) is 0 Å². The largest absolute Gasteiger partial charge is 0.455 e. The van der Waals surface area contributed by atoms with E-state index in [1.165, 1.54) is 16.3 Å². The Balaban J connectivity index is 2.21. The van der Waals surface area contributed by atoms with Crippen molar-refractivity contribution in [2.24, 2.45) is 0 Å². The van der Waals surface area contributed by atoms with Crippen molar-refractivity contribution in [3.05, 3.63) is 59.1 Å². The van der Waals surface area contributed by atoms with Gasteiger partial charge < -0.3 is 4.74 Å². The first-order chi connectivity index (χ1) is 8.84. The molecule has 1 aliphatic rings. The standard InChI is InChI=1S/C16H9BrO/c17-13-8-3-7-12-11-6-1-4-10-5-2-9-14(15(10)11)18-16(12)13/h1-9H. The highest BCUT2D eigenvalue weighted by molar-refractivity contribution is 9.10. The molecule has 0 saturated carbocycles. The second kappa shape index (κ2) is 3.59. The molecule has 2 heteroatoms. The summed E-state index contributed by atoms with van der Waals surface area (Å²) in [6.07, 6.45) is 0. The minimum atomic E-state index is 0.906. The molecular formula is C16H9BrO. The SMILES string of the molecule is Brc1cccc2c1Oc1cccc3cccc-2c13. The van der Waals surface area contributed by atoms with Crippen molar-refractivity contribution in [2.45, 2.75) is 0 Å². The Morgan fingerprint density at radius 1 is 0.778 bits per heavy atom. The maximum absolute atomic E-state index is 6.03. The second-order valence-corrected chi connectivity index (χ2v) is 5.23. The summed E-state index contributed by atoms with van der Waals surface area (Å²) in [6.45, 7) is 0. The third kappa shape index (κ3) is 1.27. The Labute approximate surface area is 113 Å². The molecule has 3 aromatic carbocycles. The van der Waals surface area contributed by atoms with Crippen molar-refractivity contribution in [2.75, 3.05) is 0 Å². The van der Waals surface area contributed by atoms with Gasteiger partial charge in [-0.3, -0.25) is 0 Å². The average Bonchev–Trinajstić information content (AvgIpc) is 2.41. The van der Waals surface area contributed by atoms with E-state index in [9.17, 15) is 0 Å². The number of rotatable bonds is 0. The predicted octanol–water partition coefficient (Wildman–Crippen LogP) is 5.38. The van der Waals surface area contributed by atoms with Crippen LogP contribution >= 0.6 is 15.9 Å². The predicted molar refractivity (Wildman–Crippen MR) is 77.2 cm³/mol. The minimum Gasteiger partial charge on any atom is -0.455 e. The highest BCUT2D eigenvalue weighted by Gasteiger charge is 2.20. The maximum atomic E-state index is 6.03. The van der Waals surface area contributed by atoms with Crippen molar-refractivity contribution < 1.29 is 4.74 Å². The van der Waals surface area contributed by atoms with Crippen molar-refractivity contribution in [1.29, 1.82) is 0 Å². The van der Waals surface area contributed by atoms with Crippen molar-refractivity contribution in [3.63, 3.8) is 0 Å². The molecular weight excluding hydrogens is 288 g/mol. The highest BCUT2D eigenvalue weighted by atomic mass is 79.9. The third-order valence-electron chi connectivity index (χ3n) is 3.34. The van der Waals surface area contributed by atoms with Gasteiger partial charge in [0.25, 0.3) is 0 Å². The van der Waals surface area contributed by atoms with Crippen LogP contribution in [0.15, 0.2) is 59.1 Å². The quantitative estimate of drug-likeness (QED) is 0.423. The van der Waals surface area contributed by atoms with E-state index in [2.05, 4.69) is 46.3 Å². The lowest BCUT2D eigenvalue weighted by molar-refractivity contribution is 0.484. The number of fused-ring (bicyclic) bond motifs is 2. The smallest absolute Gasteiger partial charge is 0.149 e. The number of para-hydroxylation sites is 1. The molecule has 1 nitrogen and oxygen atoms in total. The first-order valence-corrected chi connectivity index (χ1v) is 6.62. The number of hydrogen-bond acceptors (Lipinski definition) is 1. The Morgan fingerprint density at radius 3 is 2.39 bits per heavy atom. The normalized spacial score (nSPS) is 12.1. The van der Waals surface area contributed by atoms with Crippen molar-refractivity contribution in [1.82, 2.24) is 0 Å². The van der Waals surface area contributed by atoms with E-state index >= 15 is 0 Å². The van der Waals surface area contributed by atoms with Crippen LogP contribution in [0.25, 0.3) is 21.9 Å². The lowest BCUT2D eigenvalue weighted by Gasteiger charge is -2.21. The fraction of sp³-hybridized carbons (Fsp3) is 0. The second-order valence-electron chi connectivity index (χ2n) is 4.38. The van der Waals surface area contributed by atoms with E-state index in [4.69, 9.17) is 4.74 Å². The number of benzene rings is 3. The lowest BCUT2D eigenvalue weighted by Crippen LogP contribution is -1.97. The summed E-state index contributed by atoms with van der Waals surface area (Å²) in [7, 11) is 0. The first kappa shape index (κ1) is 10.2. The van der Waals surface area contributed by atoms with E-state index in [-0.39, 0.29) is 0 Å². The summed E-state index contributed by atoms with van der Waals surface area (Å²) in [5, 5.41) is 2.42. The zero-order chi connectivity index (χ0) is 12.1. The van der Waals surface area contributed by atoms with Crippen LogP contribution in [-0.2, 0) is 0 Å². The first-order valence-electron chi connectivity index (χ1n) is 5.83. The van der Waals surface area contributed by atoms with Gasteiger partial charge in [-0.25, -0.2) is 0 Å². The van der Waals surface area contributed by atoms with Crippen LogP contribution in [0.2, 0.25) is 0 Å². The molecule has 0 radical (unpaired) electrons. The summed E-state index contributed by atoms with van der Waals surface area (Å²) in [5.74, 6) is 1.84. The molecule has 1 heterocycles. The summed E-state index contributed by atoms with van der Waals surface area (Å²) >= 11 is 3.56. The molecule has 3 aromatic rings. The van der Waals surface area contributed by atoms with Crippen LogP contribution in [0.5, 0.6) is 11.5 Å². The van der Waals surface area contributed by atoms with E-state index in [1.807, 2.05) is 24.3 Å². The van der Waals surface area contributed by atoms with Gasteiger partial charge in [-0.05, 0) is 39.0 Å². The van der Waals surface area contributed by atoms with Crippen LogP contribution in [0.4, 0.5) is 0 Å². The summed E-state index contributed by atoms with van der Waals surface area (Å²) in [6, 6.07) is 18.7. The fourth-order valence-electron chi connectivity index (χ4n) is 2.55. The molecule has 1 aliphatic heterocycles. The maximum Gasteiger partial charge on any atom is 0.149 e. The zero-order valence-corrected chi connectivity index (χ0v) is 11.1. The molecule has 0 aliphatic carbocycles. The molecule has 4 rings (SSSR count). The molecule has 0 spiro atoms. The Kier molecular flexibility index (Phi) is 2.03. The van der Waals surface area contributed by atoms with Gasteiger partial charge >= 0.3 is 0 Å². The molecule has 0 amide bonds. The summed E-state index contributed by atoms with van der Waals surface area (Å²) in [5.41, 5.74) is 2.39. The molecule has 0 atom stereocenters. The van der Waals surface area contributed by atoms with Gasteiger partial charge in [0.1, 0.15) is 11.5 Å². The van der Waals surface area contributed by atoms with Gasteiger partial charge in [0.2, 0.25) is 0 Å². The molecule has 0 N–H and O–H groups in total. The van der Waals surface area contributed by atoms with Crippen LogP contribution in [0, 0.1) is 0 Å². The monoisotopic (exact) mass is 296 g/mol. The molecule has 86 valence electrons. The van der Waals surface area contributed by atoms with Crippen LogP contribution in [0.3, 0.4) is 0 Å². The molecule has 0 saturated heterocycles. The van der Waals surface area contributed by atoms with Crippen molar-refractivity contribution >= 4 is 26.7 Å². The van der Waals surface area contributed by atoms with Gasteiger partial charge in [0.05, 0.1) is 4.47 Å². The lowest BCUT2D eigenvalue weighted by atomic mass is 9.95. The molecule has 18 heavy (non-hydrogen) atoms. The van der Waals surface area contributed by atoms with E-state index in [0.717, 1.165) is 21.5 Å². The fourth-order valence-corrected chi connectivity index (χ4v) is 3.00. The number of ether oxygens (including phenoxy) is 1. The number of hydrogen-bond donors (Lipinski definition) is 0. The minimum absolute atomic E-state index is 0.906. The highest BCUT2D eigenvalue weighted by Crippen LogP contribution is 2.48. The molecule has 0 fully saturated rings. The van der Waals surface area contributed by atoms with Crippen LogP contribution in [0.1, 0.15) is 0 Å².